The smallest absolute Gasteiger partial charge is 0.106 e. The molecule has 1 atom stereocenters. The largest absolute Gasteiger partial charge is 0.384 e. The molecule has 0 amide bonds. The highest BCUT2D eigenvalue weighted by Crippen LogP contribution is 2.36. The summed E-state index contributed by atoms with van der Waals surface area (Å²) >= 11 is 3.38. The Hall–Kier alpha value is -1.19. The third kappa shape index (κ3) is 2.72. The molecule has 2 nitrogen and oxygen atoms in total. The van der Waals surface area contributed by atoms with Gasteiger partial charge in [-0.2, -0.15) is 0 Å². The van der Waals surface area contributed by atoms with E-state index in [0.717, 1.165) is 21.5 Å². The molecule has 19 heavy (non-hydrogen) atoms. The minimum Gasteiger partial charge on any atom is -0.384 e. The monoisotopic (exact) mass is 317 g/mol. The van der Waals surface area contributed by atoms with Crippen molar-refractivity contribution in [1.82, 2.24) is 4.98 Å². The van der Waals surface area contributed by atoms with Crippen molar-refractivity contribution in [2.75, 3.05) is 0 Å². The second kappa shape index (κ2) is 5.43. The van der Waals surface area contributed by atoms with Crippen LogP contribution in [0, 0.1) is 0 Å². The summed E-state index contributed by atoms with van der Waals surface area (Å²) in [4.78, 5) is 4.09. The second-order valence-corrected chi connectivity index (χ2v) is 6.05. The number of halogens is 1. The predicted octanol–water partition coefficient (Wildman–Crippen LogP) is 4.19. The van der Waals surface area contributed by atoms with Crippen LogP contribution in [-0.2, 0) is 0 Å². The summed E-state index contributed by atoms with van der Waals surface area (Å²) in [6, 6.07) is 10.2. The number of rotatable bonds is 3. The highest BCUT2D eigenvalue weighted by molar-refractivity contribution is 9.10. The number of pyridine rings is 1. The predicted molar refractivity (Wildman–Crippen MR) is 79.0 cm³/mol. The molecule has 1 N–H and O–H groups in total. The highest BCUT2D eigenvalue weighted by atomic mass is 79.9. The van der Waals surface area contributed by atoms with Gasteiger partial charge < -0.3 is 5.11 Å². The number of benzene rings is 1. The molecule has 98 valence electrons. The molecule has 1 saturated carbocycles. The molecule has 0 spiro atoms. The van der Waals surface area contributed by atoms with Gasteiger partial charge in [0.25, 0.3) is 0 Å². The first-order valence-electron chi connectivity index (χ1n) is 6.62. The van der Waals surface area contributed by atoms with Crippen LogP contribution >= 0.6 is 15.9 Å². The Morgan fingerprint density at radius 2 is 1.84 bits per heavy atom. The number of hydrogen-bond acceptors (Lipinski definition) is 2. The molecule has 0 radical (unpaired) electrons. The lowest BCUT2D eigenvalue weighted by molar-refractivity contribution is 0.219. The van der Waals surface area contributed by atoms with Crippen molar-refractivity contribution in [3.63, 3.8) is 0 Å². The maximum atomic E-state index is 10.4. The Bertz CT molecular complexity index is 563. The molecule has 1 aliphatic carbocycles. The van der Waals surface area contributed by atoms with Crippen molar-refractivity contribution in [3.05, 3.63) is 63.9 Å². The molecule has 3 rings (SSSR count). The molecule has 3 heteroatoms. The van der Waals surface area contributed by atoms with Crippen LogP contribution in [0.1, 0.15) is 48.0 Å². The summed E-state index contributed by atoms with van der Waals surface area (Å²) in [6.07, 6.45) is 6.76. The van der Waals surface area contributed by atoms with E-state index in [1.165, 1.54) is 24.8 Å². The number of nitrogens with zero attached hydrogens (tertiary/aromatic N) is 1. The van der Waals surface area contributed by atoms with Gasteiger partial charge in [-0.1, -0.05) is 30.7 Å². The maximum absolute atomic E-state index is 10.4. The molecule has 1 unspecified atom stereocenters. The Morgan fingerprint density at radius 3 is 2.42 bits per heavy atom. The zero-order chi connectivity index (χ0) is 13.2. The minimum atomic E-state index is -0.611. The molecule has 1 heterocycles. The quantitative estimate of drug-likeness (QED) is 0.920. The molecule has 2 aromatic rings. The topological polar surface area (TPSA) is 33.1 Å². The van der Waals surface area contributed by atoms with E-state index in [0.29, 0.717) is 0 Å². The molecule has 0 saturated heterocycles. The lowest BCUT2D eigenvalue weighted by Gasteiger charge is -2.26. The van der Waals surface area contributed by atoms with Gasteiger partial charge in [-0.3, -0.25) is 4.98 Å². The van der Waals surface area contributed by atoms with Crippen molar-refractivity contribution in [3.8, 4) is 0 Å². The third-order valence-corrected chi connectivity index (χ3v) is 4.30. The van der Waals surface area contributed by atoms with Crippen LogP contribution < -0.4 is 0 Å². The van der Waals surface area contributed by atoms with E-state index in [-0.39, 0.29) is 0 Å². The Labute approximate surface area is 121 Å². The van der Waals surface area contributed by atoms with Gasteiger partial charge in [0.2, 0.25) is 0 Å². The molecule has 0 bridgehead atoms. The molecular formula is C16H16BrNO. The van der Waals surface area contributed by atoms with Crippen molar-refractivity contribution in [1.29, 1.82) is 0 Å². The van der Waals surface area contributed by atoms with Gasteiger partial charge in [-0.15, -0.1) is 0 Å². The fourth-order valence-corrected chi connectivity index (χ4v) is 2.84. The minimum absolute atomic E-state index is 0.611. The number of aliphatic hydroxyl groups excluding tert-OH is 1. The van der Waals surface area contributed by atoms with Crippen molar-refractivity contribution in [2.24, 2.45) is 0 Å². The zero-order valence-corrected chi connectivity index (χ0v) is 12.2. The van der Waals surface area contributed by atoms with Crippen LogP contribution in [0.5, 0.6) is 0 Å². The van der Waals surface area contributed by atoms with Crippen LogP contribution in [0.3, 0.4) is 0 Å². The van der Waals surface area contributed by atoms with Crippen molar-refractivity contribution in [2.45, 2.75) is 31.3 Å². The Balaban J connectivity index is 1.81. The summed E-state index contributed by atoms with van der Waals surface area (Å²) < 4.78 is 0.884. The van der Waals surface area contributed by atoms with Crippen molar-refractivity contribution >= 4 is 15.9 Å². The average molecular weight is 318 g/mol. The van der Waals surface area contributed by atoms with Crippen LogP contribution in [0.2, 0.25) is 0 Å². The van der Waals surface area contributed by atoms with Gasteiger partial charge in [-0.25, -0.2) is 0 Å². The van der Waals surface area contributed by atoms with Crippen LogP contribution in [0.15, 0.2) is 47.2 Å². The fourth-order valence-electron chi connectivity index (χ4n) is 2.46. The molecule has 1 aliphatic rings. The summed E-state index contributed by atoms with van der Waals surface area (Å²) in [6.45, 7) is 0. The van der Waals surface area contributed by atoms with Gasteiger partial charge in [-0.05, 0) is 51.9 Å². The summed E-state index contributed by atoms with van der Waals surface area (Å²) in [5.74, 6) is 0.735. The van der Waals surface area contributed by atoms with Gasteiger partial charge in [0.05, 0.1) is 0 Å². The molecular weight excluding hydrogens is 302 g/mol. The first kappa shape index (κ1) is 12.8. The zero-order valence-electron chi connectivity index (χ0n) is 10.6. The average Bonchev–Trinajstić information content (AvgIpc) is 2.37. The Morgan fingerprint density at radius 1 is 1.11 bits per heavy atom. The molecule has 1 aromatic carbocycles. The van der Waals surface area contributed by atoms with E-state index < -0.39 is 6.10 Å². The molecule has 1 fully saturated rings. The fraction of sp³-hybridized carbons (Fsp3) is 0.312. The van der Waals surface area contributed by atoms with E-state index in [9.17, 15) is 5.11 Å². The maximum Gasteiger partial charge on any atom is 0.106 e. The number of aliphatic hydroxyl groups is 1. The van der Waals surface area contributed by atoms with E-state index in [4.69, 9.17) is 0 Å². The summed E-state index contributed by atoms with van der Waals surface area (Å²) in [7, 11) is 0. The van der Waals surface area contributed by atoms with Gasteiger partial charge in [0, 0.05) is 22.4 Å². The van der Waals surface area contributed by atoms with E-state index >= 15 is 0 Å². The lowest BCUT2D eigenvalue weighted by atomic mass is 9.80. The van der Waals surface area contributed by atoms with Crippen molar-refractivity contribution < 1.29 is 5.11 Å². The molecule has 0 aliphatic heterocycles. The van der Waals surface area contributed by atoms with Crippen LogP contribution in [0.25, 0.3) is 0 Å². The first-order chi connectivity index (χ1) is 9.24. The van der Waals surface area contributed by atoms with E-state index in [2.05, 4.69) is 33.0 Å². The summed E-state index contributed by atoms with van der Waals surface area (Å²) in [5.41, 5.74) is 3.13. The SMILES string of the molecule is OC(c1ccc(C2CCC2)cc1)c1cncc(Br)c1. The second-order valence-electron chi connectivity index (χ2n) is 5.13. The highest BCUT2D eigenvalue weighted by Gasteiger charge is 2.19. The normalized spacial score (nSPS) is 16.9. The van der Waals surface area contributed by atoms with E-state index in [1.807, 2.05) is 18.2 Å². The van der Waals surface area contributed by atoms with Gasteiger partial charge in [0.15, 0.2) is 0 Å². The summed E-state index contributed by atoms with van der Waals surface area (Å²) in [5, 5.41) is 10.4. The van der Waals surface area contributed by atoms with Gasteiger partial charge >= 0.3 is 0 Å². The molecule has 1 aromatic heterocycles. The van der Waals surface area contributed by atoms with Gasteiger partial charge in [0.1, 0.15) is 6.10 Å². The van der Waals surface area contributed by atoms with Crippen LogP contribution in [-0.4, -0.2) is 10.1 Å². The standard InChI is InChI=1S/C16H16BrNO/c17-15-8-14(9-18-10-15)16(19)13-6-4-12(5-7-13)11-2-1-3-11/h4-11,16,19H,1-3H2. The van der Waals surface area contributed by atoms with Crippen LogP contribution in [0.4, 0.5) is 0 Å². The lowest BCUT2D eigenvalue weighted by Crippen LogP contribution is -2.09. The Kier molecular flexibility index (Phi) is 3.67. The number of hydrogen-bond donors (Lipinski definition) is 1. The number of aromatic nitrogens is 1. The first-order valence-corrected chi connectivity index (χ1v) is 7.42. The van der Waals surface area contributed by atoms with E-state index in [1.54, 1.807) is 12.4 Å². The third-order valence-electron chi connectivity index (χ3n) is 3.87.